The molecule has 3 rings (SSSR count). The molecule has 2 aromatic rings. The van der Waals surface area contributed by atoms with Crippen LogP contribution in [0.1, 0.15) is 30.7 Å². The molecule has 1 fully saturated rings. The van der Waals surface area contributed by atoms with E-state index >= 15 is 0 Å². The highest BCUT2D eigenvalue weighted by molar-refractivity contribution is 5.27. The first-order valence-electron chi connectivity index (χ1n) is 7.40. The first-order chi connectivity index (χ1) is 9.79. The third kappa shape index (κ3) is 2.75. The first kappa shape index (κ1) is 13.3. The highest BCUT2D eigenvalue weighted by Gasteiger charge is 2.43. The van der Waals surface area contributed by atoms with Crippen LogP contribution in [0.3, 0.4) is 0 Å². The van der Waals surface area contributed by atoms with Gasteiger partial charge in [0.1, 0.15) is 12.2 Å². The van der Waals surface area contributed by atoms with Crippen molar-refractivity contribution in [2.45, 2.75) is 31.7 Å². The van der Waals surface area contributed by atoms with Crippen molar-refractivity contribution in [1.29, 1.82) is 0 Å². The van der Waals surface area contributed by atoms with E-state index in [1.165, 1.54) is 12.0 Å². The summed E-state index contributed by atoms with van der Waals surface area (Å²) in [4.78, 5) is 4.36. The van der Waals surface area contributed by atoms with Crippen LogP contribution in [0.5, 0.6) is 0 Å². The van der Waals surface area contributed by atoms with Crippen LogP contribution in [0.15, 0.2) is 36.7 Å². The summed E-state index contributed by atoms with van der Waals surface area (Å²) in [5.41, 5.74) is 1.47. The van der Waals surface area contributed by atoms with Crippen LogP contribution in [-0.4, -0.2) is 27.4 Å². The van der Waals surface area contributed by atoms with Gasteiger partial charge in [0.05, 0.1) is 0 Å². The fourth-order valence-corrected chi connectivity index (χ4v) is 3.08. The van der Waals surface area contributed by atoms with Gasteiger partial charge in [-0.05, 0) is 30.4 Å². The summed E-state index contributed by atoms with van der Waals surface area (Å²) >= 11 is 0. The number of nitrogens with zero attached hydrogens (tertiary/aromatic N) is 3. The van der Waals surface area contributed by atoms with Gasteiger partial charge < -0.3 is 5.32 Å². The molecule has 4 heteroatoms. The predicted molar refractivity (Wildman–Crippen MR) is 79.5 cm³/mol. The van der Waals surface area contributed by atoms with Crippen molar-refractivity contribution in [2.75, 3.05) is 6.54 Å². The van der Waals surface area contributed by atoms with Crippen molar-refractivity contribution in [2.24, 2.45) is 13.0 Å². The molecule has 1 aliphatic carbocycles. The van der Waals surface area contributed by atoms with E-state index in [2.05, 4.69) is 52.7 Å². The average Bonchev–Trinajstić information content (AvgIpc) is 3.18. The Morgan fingerprint density at radius 1 is 1.35 bits per heavy atom. The lowest BCUT2D eigenvalue weighted by molar-refractivity contribution is 0.448. The van der Waals surface area contributed by atoms with E-state index in [1.54, 1.807) is 6.33 Å². The maximum atomic E-state index is 4.36. The Labute approximate surface area is 120 Å². The van der Waals surface area contributed by atoms with E-state index in [9.17, 15) is 0 Å². The second-order valence-corrected chi connectivity index (χ2v) is 5.58. The molecule has 3 unspecified atom stereocenters. The molecule has 1 aliphatic rings. The highest BCUT2D eigenvalue weighted by Crippen LogP contribution is 2.49. The predicted octanol–water partition coefficient (Wildman–Crippen LogP) is 2.14. The minimum atomic E-state index is 0.494. The first-order valence-corrected chi connectivity index (χ1v) is 7.40. The molecule has 0 bridgehead atoms. The summed E-state index contributed by atoms with van der Waals surface area (Å²) in [5.74, 6) is 2.48. The monoisotopic (exact) mass is 270 g/mol. The van der Waals surface area contributed by atoms with Crippen LogP contribution in [0, 0.1) is 5.92 Å². The molecule has 106 valence electrons. The number of hydrogen-bond acceptors (Lipinski definition) is 3. The second-order valence-electron chi connectivity index (χ2n) is 5.58. The quantitative estimate of drug-likeness (QED) is 0.874. The maximum absolute atomic E-state index is 4.36. The molecule has 1 aromatic heterocycles. The molecule has 3 atom stereocenters. The van der Waals surface area contributed by atoms with Crippen molar-refractivity contribution in [3.63, 3.8) is 0 Å². The van der Waals surface area contributed by atoms with E-state index in [4.69, 9.17) is 0 Å². The van der Waals surface area contributed by atoms with Gasteiger partial charge in [0.2, 0.25) is 0 Å². The van der Waals surface area contributed by atoms with Crippen LogP contribution in [0.4, 0.5) is 0 Å². The van der Waals surface area contributed by atoms with Crippen molar-refractivity contribution in [3.8, 4) is 0 Å². The Morgan fingerprint density at radius 2 is 2.15 bits per heavy atom. The lowest BCUT2D eigenvalue weighted by Crippen LogP contribution is -2.34. The molecule has 1 saturated carbocycles. The van der Waals surface area contributed by atoms with E-state index in [0.29, 0.717) is 17.9 Å². The third-order valence-corrected chi connectivity index (χ3v) is 4.26. The summed E-state index contributed by atoms with van der Waals surface area (Å²) < 4.78 is 1.88. The molecule has 0 amide bonds. The van der Waals surface area contributed by atoms with Crippen LogP contribution in [-0.2, 0) is 13.5 Å². The molecule has 20 heavy (non-hydrogen) atoms. The van der Waals surface area contributed by atoms with Gasteiger partial charge in [0, 0.05) is 19.5 Å². The molecule has 0 saturated heterocycles. The largest absolute Gasteiger partial charge is 0.314 e. The zero-order valence-corrected chi connectivity index (χ0v) is 12.2. The van der Waals surface area contributed by atoms with Crippen LogP contribution < -0.4 is 5.32 Å². The van der Waals surface area contributed by atoms with Gasteiger partial charge in [0.15, 0.2) is 0 Å². The van der Waals surface area contributed by atoms with Crippen LogP contribution >= 0.6 is 0 Å². The van der Waals surface area contributed by atoms with Gasteiger partial charge in [-0.2, -0.15) is 5.10 Å². The number of rotatable bonds is 6. The molecule has 1 heterocycles. The highest BCUT2D eigenvalue weighted by atomic mass is 15.3. The fraction of sp³-hybridized carbons (Fsp3) is 0.500. The molecular formula is C16H22N4. The minimum absolute atomic E-state index is 0.494. The third-order valence-electron chi connectivity index (χ3n) is 4.26. The smallest absolute Gasteiger partial charge is 0.138 e. The number of hydrogen-bond donors (Lipinski definition) is 1. The molecule has 0 aliphatic heterocycles. The molecular weight excluding hydrogens is 248 g/mol. The van der Waals surface area contributed by atoms with Crippen molar-refractivity contribution in [1.82, 2.24) is 20.1 Å². The summed E-state index contributed by atoms with van der Waals surface area (Å²) in [6.45, 7) is 3.17. The lowest BCUT2D eigenvalue weighted by Gasteiger charge is -2.17. The van der Waals surface area contributed by atoms with Gasteiger partial charge in [0.25, 0.3) is 0 Å². The fourth-order valence-electron chi connectivity index (χ4n) is 3.08. The van der Waals surface area contributed by atoms with E-state index in [-0.39, 0.29) is 0 Å². The Hall–Kier alpha value is -1.68. The number of nitrogens with one attached hydrogen (secondary N) is 1. The molecule has 0 spiro atoms. The zero-order valence-electron chi connectivity index (χ0n) is 12.2. The molecule has 0 radical (unpaired) electrons. The number of aryl methyl sites for hydroxylation is 1. The van der Waals surface area contributed by atoms with Crippen LogP contribution in [0.2, 0.25) is 0 Å². The van der Waals surface area contributed by atoms with Gasteiger partial charge in [-0.1, -0.05) is 37.3 Å². The summed E-state index contributed by atoms with van der Waals surface area (Å²) in [6, 6.07) is 11.3. The number of benzene rings is 1. The topological polar surface area (TPSA) is 42.7 Å². The van der Waals surface area contributed by atoms with Gasteiger partial charge in [-0.15, -0.1) is 0 Å². The van der Waals surface area contributed by atoms with Crippen molar-refractivity contribution in [3.05, 3.63) is 48.0 Å². The van der Waals surface area contributed by atoms with Crippen LogP contribution in [0.25, 0.3) is 0 Å². The molecule has 1 N–H and O–H groups in total. The maximum Gasteiger partial charge on any atom is 0.138 e. The summed E-state index contributed by atoms with van der Waals surface area (Å²) in [7, 11) is 1.97. The normalized spacial score (nSPS) is 22.7. The van der Waals surface area contributed by atoms with E-state index < -0.39 is 0 Å². The lowest BCUT2D eigenvalue weighted by atomic mass is 10.0. The Bertz CT molecular complexity index is 549. The van der Waals surface area contributed by atoms with Crippen molar-refractivity contribution >= 4 is 0 Å². The second kappa shape index (κ2) is 5.75. The van der Waals surface area contributed by atoms with Gasteiger partial charge in [-0.3, -0.25) is 4.68 Å². The molecule has 1 aromatic carbocycles. The van der Waals surface area contributed by atoms with Gasteiger partial charge >= 0.3 is 0 Å². The zero-order chi connectivity index (χ0) is 13.9. The van der Waals surface area contributed by atoms with Gasteiger partial charge in [-0.25, -0.2) is 4.98 Å². The Kier molecular flexibility index (Phi) is 3.83. The van der Waals surface area contributed by atoms with E-state index in [1.807, 2.05) is 11.7 Å². The number of aromatic nitrogens is 3. The standard InChI is InChI=1S/C16H22N4/c1-3-17-15(10-16-18-11-19-20(16)2)14-9-13(14)12-7-5-4-6-8-12/h4-8,11,13-15,17H,3,9-10H2,1-2H3. The molecule has 4 nitrogen and oxygen atoms in total. The Balaban J connectivity index is 1.68. The number of likely N-dealkylation sites (N-methyl/N-ethyl adjacent to an activating group) is 1. The average molecular weight is 270 g/mol. The summed E-state index contributed by atoms with van der Waals surface area (Å²) in [5, 5.41) is 7.79. The summed E-state index contributed by atoms with van der Waals surface area (Å²) in [6.07, 6.45) is 3.87. The SMILES string of the molecule is CCNC(Cc1ncnn1C)C1CC1c1ccccc1. The Morgan fingerprint density at radius 3 is 2.80 bits per heavy atom. The van der Waals surface area contributed by atoms with E-state index in [0.717, 1.165) is 18.8 Å². The minimum Gasteiger partial charge on any atom is -0.314 e. The van der Waals surface area contributed by atoms with Crippen molar-refractivity contribution < 1.29 is 0 Å².